The van der Waals surface area contributed by atoms with Crippen molar-refractivity contribution in [3.05, 3.63) is 12.2 Å². The Morgan fingerprint density at radius 2 is 0.803 bits per heavy atom. The number of aliphatic hydroxyl groups is 2. The molecular formula is C59H108O12. The second-order valence-electron chi connectivity index (χ2n) is 20.6. The van der Waals surface area contributed by atoms with E-state index in [1.807, 2.05) is 0 Å². The van der Waals surface area contributed by atoms with Crippen LogP contribution in [0.1, 0.15) is 290 Å². The normalized spacial score (nSPS) is 18.5. The van der Waals surface area contributed by atoms with Gasteiger partial charge in [0.2, 0.25) is 0 Å². The molecule has 0 saturated carbocycles. The molecule has 0 aliphatic carbocycles. The minimum Gasteiger partial charge on any atom is -0.479 e. The van der Waals surface area contributed by atoms with Crippen molar-refractivity contribution in [2.24, 2.45) is 0 Å². The van der Waals surface area contributed by atoms with Gasteiger partial charge in [0.05, 0.1) is 6.61 Å². The molecule has 1 aliphatic heterocycles. The summed E-state index contributed by atoms with van der Waals surface area (Å²) in [5.74, 6) is -3.09. The number of carbonyl (C=O) groups is 4. The van der Waals surface area contributed by atoms with E-state index in [1.165, 1.54) is 154 Å². The number of carboxylic acid groups (broad SMARTS) is 1. The third kappa shape index (κ3) is 38.7. The largest absolute Gasteiger partial charge is 0.479 e. The molecule has 12 heteroatoms. The van der Waals surface area contributed by atoms with E-state index in [1.54, 1.807) is 0 Å². The van der Waals surface area contributed by atoms with Gasteiger partial charge >= 0.3 is 23.9 Å². The van der Waals surface area contributed by atoms with E-state index in [9.17, 15) is 34.5 Å². The van der Waals surface area contributed by atoms with E-state index in [-0.39, 0.29) is 25.9 Å². The second-order valence-corrected chi connectivity index (χ2v) is 20.6. The van der Waals surface area contributed by atoms with E-state index in [4.69, 9.17) is 23.7 Å². The molecule has 1 saturated heterocycles. The standard InChI is InChI=1S/C59H108O12/c1-4-7-10-13-16-19-22-25-26-29-30-33-36-39-42-45-51(60)67-48-50(69-52(61)46-43-40-37-34-31-27-23-20-17-14-11-8-5-2)49-68-59-57(55(64)54(63)56(71-59)58(65)66)70-53(62)47-44-41-38-35-32-28-24-21-18-15-12-9-6-3/h20,23,50,54-57,59,63-64H,4-19,21-22,24-49H2,1-3H3,(H,65,66)/b23-20-. The number of esters is 3. The van der Waals surface area contributed by atoms with Crippen molar-refractivity contribution in [3.63, 3.8) is 0 Å². The number of rotatable bonds is 51. The summed E-state index contributed by atoms with van der Waals surface area (Å²) in [6.45, 7) is 6.00. The van der Waals surface area contributed by atoms with Crippen LogP contribution in [0.15, 0.2) is 12.2 Å². The Morgan fingerprint density at radius 3 is 1.21 bits per heavy atom. The van der Waals surface area contributed by atoms with E-state index in [0.717, 1.165) is 77.0 Å². The molecule has 0 aromatic rings. The highest BCUT2D eigenvalue weighted by atomic mass is 16.7. The monoisotopic (exact) mass is 1010 g/mol. The third-order valence-electron chi connectivity index (χ3n) is 13.8. The van der Waals surface area contributed by atoms with Gasteiger partial charge in [-0.2, -0.15) is 0 Å². The molecule has 6 atom stereocenters. The smallest absolute Gasteiger partial charge is 0.335 e. The van der Waals surface area contributed by atoms with E-state index in [2.05, 4.69) is 32.9 Å². The second kappa shape index (κ2) is 48.4. The summed E-state index contributed by atoms with van der Waals surface area (Å²) in [6, 6.07) is 0. The first-order valence-corrected chi connectivity index (χ1v) is 29.7. The van der Waals surface area contributed by atoms with E-state index in [0.29, 0.717) is 19.3 Å². The lowest BCUT2D eigenvalue weighted by atomic mass is 9.98. The van der Waals surface area contributed by atoms with Gasteiger partial charge in [0.15, 0.2) is 24.6 Å². The molecule has 1 aliphatic rings. The minimum absolute atomic E-state index is 0.0674. The Bertz CT molecular complexity index is 1290. The molecule has 0 amide bonds. The minimum atomic E-state index is -1.90. The summed E-state index contributed by atoms with van der Waals surface area (Å²) in [6.07, 6.45) is 40.4. The summed E-state index contributed by atoms with van der Waals surface area (Å²) < 4.78 is 28.4. The van der Waals surface area contributed by atoms with Gasteiger partial charge in [-0.25, -0.2) is 4.79 Å². The van der Waals surface area contributed by atoms with Gasteiger partial charge in [-0.05, 0) is 44.9 Å². The molecule has 416 valence electrons. The SMILES string of the molecule is CCCCCC/C=C\CCCCCCCC(=O)OC(COC(=O)CCCCCCCCCCCCCCCCC)COC1OC(C(=O)O)C(O)C(O)C1OC(=O)CCCCCCCCCCCCCCC. The lowest BCUT2D eigenvalue weighted by molar-refractivity contribution is -0.301. The highest BCUT2D eigenvalue weighted by molar-refractivity contribution is 5.74. The molecule has 0 bridgehead atoms. The Labute approximate surface area is 433 Å². The maximum absolute atomic E-state index is 13.1. The number of ether oxygens (including phenoxy) is 5. The van der Waals surface area contributed by atoms with Crippen molar-refractivity contribution in [1.29, 1.82) is 0 Å². The van der Waals surface area contributed by atoms with Crippen LogP contribution in [0.4, 0.5) is 0 Å². The van der Waals surface area contributed by atoms with Gasteiger partial charge in [0.1, 0.15) is 18.8 Å². The Morgan fingerprint density at radius 1 is 0.451 bits per heavy atom. The number of aliphatic carboxylic acids is 1. The lowest BCUT2D eigenvalue weighted by Gasteiger charge is -2.40. The van der Waals surface area contributed by atoms with Crippen LogP contribution < -0.4 is 0 Å². The first-order chi connectivity index (χ1) is 34.6. The molecule has 1 fully saturated rings. The topological polar surface area (TPSA) is 175 Å². The summed E-state index contributed by atoms with van der Waals surface area (Å²) >= 11 is 0. The first-order valence-electron chi connectivity index (χ1n) is 29.7. The quantitative estimate of drug-likeness (QED) is 0.0228. The van der Waals surface area contributed by atoms with Gasteiger partial charge < -0.3 is 39.0 Å². The Kier molecular flexibility index (Phi) is 45.3. The Hall–Kier alpha value is -2.54. The number of carbonyl (C=O) groups excluding carboxylic acids is 3. The van der Waals surface area contributed by atoms with Gasteiger partial charge in [0, 0.05) is 19.3 Å². The molecule has 71 heavy (non-hydrogen) atoms. The van der Waals surface area contributed by atoms with E-state index < -0.39 is 67.3 Å². The van der Waals surface area contributed by atoms with Crippen LogP contribution >= 0.6 is 0 Å². The van der Waals surface area contributed by atoms with Gasteiger partial charge in [-0.3, -0.25) is 14.4 Å². The maximum Gasteiger partial charge on any atom is 0.335 e. The highest BCUT2D eigenvalue weighted by Gasteiger charge is 2.50. The Balaban J connectivity index is 2.68. The van der Waals surface area contributed by atoms with Crippen LogP contribution in [0.25, 0.3) is 0 Å². The predicted molar refractivity (Wildman–Crippen MR) is 285 cm³/mol. The zero-order chi connectivity index (χ0) is 51.8. The first kappa shape index (κ1) is 66.5. The maximum atomic E-state index is 13.1. The zero-order valence-electron chi connectivity index (χ0n) is 45.7. The molecule has 0 radical (unpaired) electrons. The molecule has 3 N–H and O–H groups in total. The number of allylic oxidation sites excluding steroid dienone is 2. The number of carboxylic acids is 1. The van der Waals surface area contributed by atoms with Crippen LogP contribution in [0.5, 0.6) is 0 Å². The van der Waals surface area contributed by atoms with Crippen LogP contribution in [-0.2, 0) is 42.9 Å². The van der Waals surface area contributed by atoms with Gasteiger partial charge in [0.25, 0.3) is 0 Å². The molecule has 0 aromatic carbocycles. The van der Waals surface area contributed by atoms with Crippen molar-refractivity contribution in [1.82, 2.24) is 0 Å². The molecule has 12 nitrogen and oxygen atoms in total. The lowest BCUT2D eigenvalue weighted by Crippen LogP contribution is -2.61. The van der Waals surface area contributed by atoms with Crippen LogP contribution in [-0.4, -0.2) is 89.2 Å². The molecule has 1 rings (SSSR count). The summed E-state index contributed by atoms with van der Waals surface area (Å²) in [4.78, 5) is 51.0. The molecular weight excluding hydrogens is 901 g/mol. The van der Waals surface area contributed by atoms with Crippen molar-refractivity contribution in [2.75, 3.05) is 13.2 Å². The van der Waals surface area contributed by atoms with Crippen molar-refractivity contribution < 1.29 is 58.2 Å². The number of hydrogen-bond acceptors (Lipinski definition) is 11. The van der Waals surface area contributed by atoms with Crippen LogP contribution in [0.3, 0.4) is 0 Å². The van der Waals surface area contributed by atoms with Gasteiger partial charge in [-0.15, -0.1) is 0 Å². The average molecular weight is 1010 g/mol. The predicted octanol–water partition coefficient (Wildman–Crippen LogP) is 14.9. The molecule has 1 heterocycles. The van der Waals surface area contributed by atoms with Crippen LogP contribution in [0, 0.1) is 0 Å². The van der Waals surface area contributed by atoms with Crippen molar-refractivity contribution in [3.8, 4) is 0 Å². The molecule has 0 spiro atoms. The van der Waals surface area contributed by atoms with Crippen molar-refractivity contribution >= 4 is 23.9 Å². The zero-order valence-corrected chi connectivity index (χ0v) is 45.7. The summed E-state index contributed by atoms with van der Waals surface area (Å²) in [7, 11) is 0. The van der Waals surface area contributed by atoms with Crippen molar-refractivity contribution in [2.45, 2.75) is 327 Å². The number of unbranched alkanes of at least 4 members (excludes halogenated alkanes) is 35. The number of aliphatic hydroxyl groups excluding tert-OH is 2. The fourth-order valence-corrected chi connectivity index (χ4v) is 9.25. The highest BCUT2D eigenvalue weighted by Crippen LogP contribution is 2.27. The summed E-state index contributed by atoms with van der Waals surface area (Å²) in [5.41, 5.74) is 0. The van der Waals surface area contributed by atoms with Gasteiger partial charge in [-0.1, -0.05) is 238 Å². The average Bonchev–Trinajstić information content (AvgIpc) is 3.35. The molecule has 0 aromatic heterocycles. The number of hydrogen-bond donors (Lipinski definition) is 3. The summed E-state index contributed by atoms with van der Waals surface area (Å²) in [5, 5.41) is 31.4. The fourth-order valence-electron chi connectivity index (χ4n) is 9.25. The third-order valence-corrected chi connectivity index (χ3v) is 13.8. The molecule has 6 unspecified atom stereocenters. The fraction of sp³-hybridized carbons (Fsp3) is 0.898. The van der Waals surface area contributed by atoms with Crippen LogP contribution in [0.2, 0.25) is 0 Å². The van der Waals surface area contributed by atoms with E-state index >= 15 is 0 Å².